The maximum absolute atomic E-state index is 13.3. The molecule has 4 rings (SSSR count). The molecule has 0 aliphatic carbocycles. The molecule has 2 aliphatic heterocycles. The van der Waals surface area contributed by atoms with E-state index in [2.05, 4.69) is 25.1 Å². The first-order chi connectivity index (χ1) is 13.5. The summed E-state index contributed by atoms with van der Waals surface area (Å²) in [6, 6.07) is 13.0. The number of anilines is 1. The Kier molecular flexibility index (Phi) is 5.24. The normalized spacial score (nSPS) is 18.9. The first-order valence-corrected chi connectivity index (χ1v) is 10.3. The van der Waals surface area contributed by atoms with Crippen LogP contribution in [0.25, 0.3) is 11.1 Å². The van der Waals surface area contributed by atoms with Gasteiger partial charge in [0.25, 0.3) is 0 Å². The number of benzene rings is 2. The molecule has 1 spiro atoms. The summed E-state index contributed by atoms with van der Waals surface area (Å²) >= 11 is 0. The molecule has 1 atom stereocenters. The largest absolute Gasteiger partial charge is 0.381 e. The van der Waals surface area contributed by atoms with Gasteiger partial charge in [-0.25, -0.2) is 4.39 Å². The van der Waals surface area contributed by atoms with E-state index in [1.165, 1.54) is 17.7 Å². The van der Waals surface area contributed by atoms with E-state index in [1.807, 2.05) is 24.0 Å². The van der Waals surface area contributed by atoms with Crippen LogP contribution in [0.1, 0.15) is 45.1 Å². The highest BCUT2D eigenvalue weighted by Crippen LogP contribution is 2.48. The van der Waals surface area contributed by atoms with Gasteiger partial charge in [-0.2, -0.15) is 0 Å². The molecule has 2 heterocycles. The van der Waals surface area contributed by atoms with Gasteiger partial charge in [0.15, 0.2) is 0 Å². The molecule has 1 fully saturated rings. The maximum atomic E-state index is 13.3. The second-order valence-electron chi connectivity index (χ2n) is 8.25. The molecule has 0 bridgehead atoms. The Labute approximate surface area is 166 Å². The third-order valence-electron chi connectivity index (χ3n) is 6.36. The molecule has 3 nitrogen and oxygen atoms in total. The summed E-state index contributed by atoms with van der Waals surface area (Å²) in [7, 11) is 0. The lowest BCUT2D eigenvalue weighted by atomic mass is 9.75. The first-order valence-electron chi connectivity index (χ1n) is 10.3. The van der Waals surface area contributed by atoms with E-state index in [-0.39, 0.29) is 23.1 Å². The zero-order valence-corrected chi connectivity index (χ0v) is 16.7. The number of fused-ring (bicyclic) bond motifs is 2. The Hall–Kier alpha value is -2.20. The van der Waals surface area contributed by atoms with Gasteiger partial charge in [0.1, 0.15) is 5.82 Å². The van der Waals surface area contributed by atoms with Crippen molar-refractivity contribution in [3.63, 3.8) is 0 Å². The predicted octanol–water partition coefficient (Wildman–Crippen LogP) is 5.32. The number of hydrogen-bond acceptors (Lipinski definition) is 2. The average molecular weight is 381 g/mol. The van der Waals surface area contributed by atoms with Gasteiger partial charge in [0, 0.05) is 36.8 Å². The molecule has 0 N–H and O–H groups in total. The van der Waals surface area contributed by atoms with Crippen LogP contribution in [-0.2, 0) is 14.9 Å². The zero-order valence-electron chi connectivity index (χ0n) is 16.7. The second-order valence-corrected chi connectivity index (χ2v) is 8.25. The van der Waals surface area contributed by atoms with E-state index < -0.39 is 0 Å². The summed E-state index contributed by atoms with van der Waals surface area (Å²) < 4.78 is 19.0. The van der Waals surface area contributed by atoms with Gasteiger partial charge in [0.05, 0.1) is 0 Å². The van der Waals surface area contributed by atoms with Gasteiger partial charge in [0.2, 0.25) is 5.91 Å². The molecule has 0 unspecified atom stereocenters. The van der Waals surface area contributed by atoms with E-state index >= 15 is 0 Å². The highest BCUT2D eigenvalue weighted by molar-refractivity contribution is 5.98. The Morgan fingerprint density at radius 3 is 2.50 bits per heavy atom. The van der Waals surface area contributed by atoms with Crippen LogP contribution in [0.3, 0.4) is 0 Å². The van der Waals surface area contributed by atoms with E-state index in [4.69, 9.17) is 4.74 Å². The summed E-state index contributed by atoms with van der Waals surface area (Å²) in [5, 5.41) is 0. The number of hydrogen-bond donors (Lipinski definition) is 0. The minimum absolute atomic E-state index is 0.0321. The molecule has 0 aromatic heterocycles. The fourth-order valence-corrected chi connectivity index (χ4v) is 4.70. The second kappa shape index (κ2) is 7.67. The molecule has 0 saturated carbocycles. The summed E-state index contributed by atoms with van der Waals surface area (Å²) in [5.41, 5.74) is 4.32. The molecule has 148 valence electrons. The van der Waals surface area contributed by atoms with E-state index in [9.17, 15) is 9.18 Å². The molecule has 4 heteroatoms. The molecule has 1 saturated heterocycles. The Balaban J connectivity index is 1.75. The number of nitrogens with zero attached hydrogens (tertiary/aromatic N) is 1. The van der Waals surface area contributed by atoms with Crippen LogP contribution in [0.15, 0.2) is 42.5 Å². The van der Waals surface area contributed by atoms with Gasteiger partial charge in [-0.15, -0.1) is 0 Å². The first kappa shape index (κ1) is 19.1. The lowest BCUT2D eigenvalue weighted by molar-refractivity contribution is -0.122. The van der Waals surface area contributed by atoms with Gasteiger partial charge in [-0.05, 0) is 60.2 Å². The number of amides is 1. The minimum Gasteiger partial charge on any atom is -0.381 e. The smallest absolute Gasteiger partial charge is 0.229 e. The quantitative estimate of drug-likeness (QED) is 0.717. The molecule has 1 amide bonds. The van der Waals surface area contributed by atoms with E-state index in [0.29, 0.717) is 0 Å². The van der Waals surface area contributed by atoms with Crippen molar-refractivity contribution in [2.24, 2.45) is 5.92 Å². The van der Waals surface area contributed by atoms with Crippen molar-refractivity contribution in [3.8, 4) is 11.1 Å². The third-order valence-corrected chi connectivity index (χ3v) is 6.36. The van der Waals surface area contributed by atoms with Gasteiger partial charge in [-0.1, -0.05) is 38.5 Å². The van der Waals surface area contributed by atoms with E-state index in [1.54, 1.807) is 0 Å². The Morgan fingerprint density at radius 1 is 1.14 bits per heavy atom. The number of carbonyl (C=O) groups is 1. The summed E-state index contributed by atoms with van der Waals surface area (Å²) in [4.78, 5) is 15.2. The highest BCUT2D eigenvalue weighted by Gasteiger charge is 2.46. The zero-order chi connectivity index (χ0) is 19.7. The van der Waals surface area contributed by atoms with Crippen molar-refractivity contribution < 1.29 is 13.9 Å². The molecular formula is C24H28FNO2. The fraction of sp³-hybridized carbons (Fsp3) is 0.458. The number of halogens is 1. The van der Waals surface area contributed by atoms with Crippen molar-refractivity contribution in [2.45, 2.75) is 44.9 Å². The van der Waals surface area contributed by atoms with Crippen molar-refractivity contribution in [3.05, 3.63) is 53.8 Å². The van der Waals surface area contributed by atoms with Crippen LogP contribution >= 0.6 is 0 Å². The Morgan fingerprint density at radius 2 is 1.82 bits per heavy atom. The van der Waals surface area contributed by atoms with Crippen LogP contribution in [0, 0.1) is 11.7 Å². The number of ether oxygens (including phenoxy) is 1. The number of carbonyl (C=O) groups excluding carboxylic acids is 1. The van der Waals surface area contributed by atoms with Crippen molar-refractivity contribution in [1.82, 2.24) is 0 Å². The van der Waals surface area contributed by atoms with Gasteiger partial charge < -0.3 is 9.64 Å². The molecule has 0 radical (unpaired) electrons. The average Bonchev–Trinajstić information content (AvgIpc) is 3.02. The minimum atomic E-state index is -0.229. The molecule has 2 aliphatic rings. The summed E-state index contributed by atoms with van der Waals surface area (Å²) in [6.07, 6.45) is 3.78. The molecular weight excluding hydrogens is 353 g/mol. The van der Waals surface area contributed by atoms with Crippen LogP contribution in [-0.4, -0.2) is 25.7 Å². The summed E-state index contributed by atoms with van der Waals surface area (Å²) in [5.74, 6) is 0.0260. The number of rotatable bonds is 4. The van der Waals surface area contributed by atoms with E-state index in [0.717, 1.165) is 62.3 Å². The van der Waals surface area contributed by atoms with Crippen LogP contribution in [0.4, 0.5) is 10.1 Å². The van der Waals surface area contributed by atoms with Crippen LogP contribution in [0.2, 0.25) is 0 Å². The lowest BCUT2D eigenvalue weighted by Crippen LogP contribution is -2.42. The van der Waals surface area contributed by atoms with Crippen molar-refractivity contribution in [2.75, 3.05) is 24.7 Å². The van der Waals surface area contributed by atoms with Crippen molar-refractivity contribution in [1.29, 1.82) is 0 Å². The molecule has 2 aromatic carbocycles. The lowest BCUT2D eigenvalue weighted by Gasteiger charge is -2.34. The van der Waals surface area contributed by atoms with Crippen molar-refractivity contribution >= 4 is 11.6 Å². The monoisotopic (exact) mass is 381 g/mol. The van der Waals surface area contributed by atoms with Gasteiger partial charge in [-0.3, -0.25) is 4.79 Å². The Bertz CT molecular complexity index is 855. The van der Waals surface area contributed by atoms with Gasteiger partial charge >= 0.3 is 0 Å². The third kappa shape index (κ3) is 3.35. The predicted molar refractivity (Wildman–Crippen MR) is 110 cm³/mol. The summed E-state index contributed by atoms with van der Waals surface area (Å²) in [6.45, 7) is 6.36. The van der Waals surface area contributed by atoms with Crippen LogP contribution in [0.5, 0.6) is 0 Å². The van der Waals surface area contributed by atoms with Crippen LogP contribution < -0.4 is 4.90 Å². The fourth-order valence-electron chi connectivity index (χ4n) is 4.70. The topological polar surface area (TPSA) is 29.5 Å². The molecule has 28 heavy (non-hydrogen) atoms. The SMILES string of the molecule is CCC[C@@H](C)C(=O)N1CC2(CCOCC2)c2cc(-c3ccc(F)cc3)ccc21. The maximum Gasteiger partial charge on any atom is 0.229 e. The highest BCUT2D eigenvalue weighted by atomic mass is 19.1. The molecule has 2 aromatic rings. The standard InChI is InChI=1S/C24H28FNO2/c1-3-4-17(2)23(27)26-16-24(11-13-28-14-12-24)21-15-19(7-10-22(21)26)18-5-8-20(25)9-6-18/h5-10,15,17H,3-4,11-14,16H2,1-2H3/t17-/m1/s1.